The first-order chi connectivity index (χ1) is 6.16. The summed E-state index contributed by atoms with van der Waals surface area (Å²) in [5, 5.41) is 0. The van der Waals surface area contributed by atoms with Crippen LogP contribution in [-0.2, 0) is 0 Å². The van der Waals surface area contributed by atoms with Crippen molar-refractivity contribution < 1.29 is 8.87 Å². The molecule has 0 saturated carbocycles. The van der Waals surface area contributed by atoms with Gasteiger partial charge in [-0.1, -0.05) is 6.92 Å². The molecule has 2 atom stereocenters. The van der Waals surface area contributed by atoms with Crippen molar-refractivity contribution in [2.24, 2.45) is 0 Å². The van der Waals surface area contributed by atoms with Gasteiger partial charge in [0.25, 0.3) is 0 Å². The number of hydrogen-bond acceptors (Lipinski definition) is 0. The molecule has 2 saturated heterocycles. The molecule has 2 heterocycles. The van der Waals surface area contributed by atoms with Crippen molar-refractivity contribution in [2.45, 2.75) is 38.1 Å². The van der Waals surface area contributed by atoms with Gasteiger partial charge >= 0.3 is 0 Å². The summed E-state index contributed by atoms with van der Waals surface area (Å²) in [6, 6.07) is 0. The van der Waals surface area contributed by atoms with Crippen LogP contribution in [0, 0.1) is 0 Å². The topological polar surface area (TPSA) is 0 Å². The Morgan fingerprint density at radius 1 is 1.62 bits per heavy atom. The SMILES string of the molecule is CCC12CCC[N+]1(C)C/C(=C\F)C2. The summed E-state index contributed by atoms with van der Waals surface area (Å²) >= 11 is 0. The molecule has 0 aromatic rings. The second kappa shape index (κ2) is 2.81. The van der Waals surface area contributed by atoms with Gasteiger partial charge in [0.1, 0.15) is 12.1 Å². The molecule has 2 fully saturated rings. The maximum atomic E-state index is 12.5. The van der Waals surface area contributed by atoms with Gasteiger partial charge in [0.05, 0.1) is 19.9 Å². The van der Waals surface area contributed by atoms with Crippen molar-refractivity contribution in [1.82, 2.24) is 0 Å². The van der Waals surface area contributed by atoms with Crippen molar-refractivity contribution in [1.29, 1.82) is 0 Å². The number of likely N-dealkylation sites (N-methyl/N-ethyl adjacent to an activating group) is 1. The first-order valence-electron chi connectivity index (χ1n) is 5.29. The van der Waals surface area contributed by atoms with Gasteiger partial charge in [0.2, 0.25) is 0 Å². The fraction of sp³-hybridized carbons (Fsp3) is 0.818. The minimum absolute atomic E-state index is 0.387. The summed E-state index contributed by atoms with van der Waals surface area (Å²) in [5.74, 6) is 0. The summed E-state index contributed by atoms with van der Waals surface area (Å²) in [5.41, 5.74) is 1.42. The van der Waals surface area contributed by atoms with E-state index in [2.05, 4.69) is 14.0 Å². The van der Waals surface area contributed by atoms with E-state index in [0.29, 0.717) is 5.54 Å². The smallest absolute Gasteiger partial charge is 0.103 e. The Labute approximate surface area is 79.8 Å². The van der Waals surface area contributed by atoms with Crippen LogP contribution < -0.4 is 0 Å². The van der Waals surface area contributed by atoms with E-state index in [0.717, 1.165) is 29.4 Å². The molecule has 0 aliphatic carbocycles. The van der Waals surface area contributed by atoms with Crippen LogP contribution in [-0.4, -0.2) is 30.2 Å². The number of rotatable bonds is 1. The molecule has 0 amide bonds. The van der Waals surface area contributed by atoms with Gasteiger partial charge < -0.3 is 4.48 Å². The molecule has 74 valence electrons. The van der Waals surface area contributed by atoms with Crippen molar-refractivity contribution >= 4 is 0 Å². The number of halogens is 1. The zero-order valence-electron chi connectivity index (χ0n) is 8.65. The van der Waals surface area contributed by atoms with Gasteiger partial charge in [-0.05, 0) is 6.42 Å². The first-order valence-corrected chi connectivity index (χ1v) is 5.29. The predicted octanol–water partition coefficient (Wildman–Crippen LogP) is 2.63. The van der Waals surface area contributed by atoms with E-state index in [1.54, 1.807) is 0 Å². The van der Waals surface area contributed by atoms with E-state index in [1.807, 2.05) is 0 Å². The maximum absolute atomic E-state index is 12.5. The number of fused-ring (bicyclic) bond motifs is 1. The molecule has 0 aromatic carbocycles. The molecule has 2 aliphatic heterocycles. The standard InChI is InChI=1S/C11H19FN/c1-3-11-5-4-6-13(11,2)9-10(7-11)8-12/h8H,3-7,9H2,1-2H3/q+1/b10-8-. The van der Waals surface area contributed by atoms with Crippen LogP contribution >= 0.6 is 0 Å². The fourth-order valence-electron chi connectivity index (χ4n) is 3.47. The summed E-state index contributed by atoms with van der Waals surface area (Å²) in [7, 11) is 2.30. The minimum atomic E-state index is 0.387. The van der Waals surface area contributed by atoms with E-state index >= 15 is 0 Å². The van der Waals surface area contributed by atoms with Crippen LogP contribution in [0.15, 0.2) is 11.9 Å². The van der Waals surface area contributed by atoms with Crippen molar-refractivity contribution in [3.05, 3.63) is 11.9 Å². The van der Waals surface area contributed by atoms with Crippen molar-refractivity contribution in [3.8, 4) is 0 Å². The lowest BCUT2D eigenvalue weighted by atomic mass is 9.89. The van der Waals surface area contributed by atoms with Crippen LogP contribution in [0.2, 0.25) is 0 Å². The van der Waals surface area contributed by atoms with Gasteiger partial charge in [-0.15, -0.1) is 0 Å². The Morgan fingerprint density at radius 2 is 2.38 bits per heavy atom. The van der Waals surface area contributed by atoms with E-state index in [4.69, 9.17) is 0 Å². The highest BCUT2D eigenvalue weighted by Gasteiger charge is 2.56. The Morgan fingerprint density at radius 3 is 2.92 bits per heavy atom. The van der Waals surface area contributed by atoms with Gasteiger partial charge in [-0.3, -0.25) is 0 Å². The van der Waals surface area contributed by atoms with Gasteiger partial charge in [0, 0.05) is 24.8 Å². The molecule has 2 rings (SSSR count). The van der Waals surface area contributed by atoms with E-state index in [-0.39, 0.29) is 0 Å². The highest BCUT2D eigenvalue weighted by Crippen LogP contribution is 2.48. The second-order valence-corrected chi connectivity index (χ2v) is 4.90. The highest BCUT2D eigenvalue weighted by molar-refractivity contribution is 5.11. The summed E-state index contributed by atoms with van der Waals surface area (Å²) in [6.07, 6.45) is 5.65. The first kappa shape index (κ1) is 9.20. The van der Waals surface area contributed by atoms with Crippen molar-refractivity contribution in [3.63, 3.8) is 0 Å². The Kier molecular flexibility index (Phi) is 1.99. The molecule has 0 bridgehead atoms. The largest absolute Gasteiger partial charge is 0.317 e. The monoisotopic (exact) mass is 184 g/mol. The van der Waals surface area contributed by atoms with Crippen molar-refractivity contribution in [2.75, 3.05) is 20.1 Å². The number of nitrogens with zero attached hydrogens (tertiary/aromatic N) is 1. The lowest BCUT2D eigenvalue weighted by Gasteiger charge is -2.39. The van der Waals surface area contributed by atoms with E-state index < -0.39 is 0 Å². The highest BCUT2D eigenvalue weighted by atomic mass is 19.1. The molecule has 0 aromatic heterocycles. The Balaban J connectivity index is 2.32. The normalized spacial score (nSPS) is 47.2. The molecular formula is C11H19FN+. The number of quaternary nitrogens is 1. The van der Waals surface area contributed by atoms with Crippen LogP contribution in [0.1, 0.15) is 32.6 Å². The van der Waals surface area contributed by atoms with Crippen LogP contribution in [0.25, 0.3) is 0 Å². The van der Waals surface area contributed by atoms with Gasteiger partial charge in [0.15, 0.2) is 0 Å². The Hall–Kier alpha value is -0.370. The van der Waals surface area contributed by atoms with E-state index in [1.165, 1.54) is 25.8 Å². The molecule has 0 radical (unpaired) electrons. The quantitative estimate of drug-likeness (QED) is 0.550. The van der Waals surface area contributed by atoms with Crippen LogP contribution in [0.4, 0.5) is 4.39 Å². The minimum Gasteiger partial charge on any atom is -0.317 e. The number of hydrogen-bond donors (Lipinski definition) is 0. The maximum Gasteiger partial charge on any atom is 0.103 e. The molecule has 2 unspecified atom stereocenters. The molecular weight excluding hydrogens is 165 g/mol. The van der Waals surface area contributed by atoms with Crippen LogP contribution in [0.3, 0.4) is 0 Å². The van der Waals surface area contributed by atoms with Gasteiger partial charge in [-0.2, -0.15) is 0 Å². The molecule has 2 heteroatoms. The molecule has 13 heavy (non-hydrogen) atoms. The molecule has 0 N–H and O–H groups in total. The third-order valence-electron chi connectivity index (χ3n) is 4.36. The summed E-state index contributed by atoms with van der Waals surface area (Å²) in [6.45, 7) is 4.44. The second-order valence-electron chi connectivity index (χ2n) is 4.90. The van der Waals surface area contributed by atoms with Gasteiger partial charge in [-0.25, -0.2) is 4.39 Å². The summed E-state index contributed by atoms with van der Waals surface area (Å²) in [4.78, 5) is 0. The van der Waals surface area contributed by atoms with Crippen LogP contribution in [0.5, 0.6) is 0 Å². The fourth-order valence-corrected chi connectivity index (χ4v) is 3.47. The summed E-state index contributed by atoms with van der Waals surface area (Å²) < 4.78 is 13.6. The predicted molar refractivity (Wildman–Crippen MR) is 52.0 cm³/mol. The molecule has 2 aliphatic rings. The average molecular weight is 184 g/mol. The zero-order chi connectivity index (χ0) is 9.53. The van der Waals surface area contributed by atoms with E-state index in [9.17, 15) is 4.39 Å². The zero-order valence-corrected chi connectivity index (χ0v) is 8.65. The average Bonchev–Trinajstić information content (AvgIpc) is 2.55. The third kappa shape index (κ3) is 1.08. The lowest BCUT2D eigenvalue weighted by molar-refractivity contribution is -0.932. The molecule has 1 nitrogen and oxygen atoms in total. The Bertz CT molecular complexity index is 248. The third-order valence-corrected chi connectivity index (χ3v) is 4.36. The lowest BCUT2D eigenvalue weighted by Crippen LogP contribution is -2.52. The molecule has 0 spiro atoms.